The van der Waals surface area contributed by atoms with Gasteiger partial charge in [-0.15, -0.1) is 0 Å². The largest absolute Gasteiger partial charge is 0.481 e. The van der Waals surface area contributed by atoms with Gasteiger partial charge in [0.15, 0.2) is 5.69 Å². The molecule has 92 valence electrons. The number of amides is 1. The summed E-state index contributed by atoms with van der Waals surface area (Å²) in [7, 11) is 0. The fraction of sp³-hybridized carbons (Fsp3) is 0.0909. The molecule has 0 atom stereocenters. The molecule has 0 aliphatic rings. The van der Waals surface area contributed by atoms with Gasteiger partial charge >= 0.3 is 5.97 Å². The first-order valence-electron chi connectivity index (χ1n) is 5.03. The molecule has 18 heavy (non-hydrogen) atoms. The van der Waals surface area contributed by atoms with Crippen molar-refractivity contribution in [2.24, 2.45) is 0 Å². The molecule has 0 fully saturated rings. The van der Waals surface area contributed by atoms with E-state index in [1.54, 1.807) is 6.07 Å². The van der Waals surface area contributed by atoms with Crippen LogP contribution >= 0.6 is 0 Å². The number of aliphatic carboxylic acids is 1. The van der Waals surface area contributed by atoms with E-state index in [4.69, 9.17) is 5.11 Å². The highest BCUT2D eigenvalue weighted by Gasteiger charge is 2.09. The second kappa shape index (κ2) is 5.09. The lowest BCUT2D eigenvalue weighted by atomic mass is 10.2. The van der Waals surface area contributed by atoms with Crippen molar-refractivity contribution in [2.75, 3.05) is 5.32 Å². The molecular formula is C11H9N3O4. The lowest BCUT2D eigenvalue weighted by Gasteiger charge is -2.03. The minimum Gasteiger partial charge on any atom is -0.481 e. The number of pyridine rings is 1. The van der Waals surface area contributed by atoms with Gasteiger partial charge < -0.3 is 14.9 Å². The second-order valence-corrected chi connectivity index (χ2v) is 3.45. The quantitative estimate of drug-likeness (QED) is 0.833. The summed E-state index contributed by atoms with van der Waals surface area (Å²) in [6.45, 7) is 0. The van der Waals surface area contributed by atoms with E-state index < -0.39 is 11.9 Å². The summed E-state index contributed by atoms with van der Waals surface area (Å²) in [6.07, 6.45) is 2.52. The van der Waals surface area contributed by atoms with Gasteiger partial charge in [-0.3, -0.25) is 14.6 Å². The van der Waals surface area contributed by atoms with Crippen LogP contribution in [0, 0.1) is 0 Å². The average Bonchev–Trinajstić information content (AvgIpc) is 2.84. The summed E-state index contributed by atoms with van der Waals surface area (Å²) in [5.41, 5.74) is 1.03. The van der Waals surface area contributed by atoms with E-state index in [2.05, 4.69) is 20.0 Å². The Morgan fingerprint density at radius 3 is 2.72 bits per heavy atom. The van der Waals surface area contributed by atoms with Crippen LogP contribution in [-0.4, -0.2) is 27.1 Å². The number of nitrogens with zero attached hydrogens (tertiary/aromatic N) is 2. The fourth-order valence-electron chi connectivity index (χ4n) is 1.28. The SMILES string of the molecule is O=C(O)Cc1ccc(NC(=O)c2ccon2)cn1. The molecule has 0 saturated carbocycles. The van der Waals surface area contributed by atoms with E-state index in [1.807, 2.05) is 0 Å². The molecule has 0 spiro atoms. The van der Waals surface area contributed by atoms with Gasteiger partial charge in [-0.2, -0.15) is 0 Å². The number of anilines is 1. The Morgan fingerprint density at radius 1 is 1.33 bits per heavy atom. The zero-order chi connectivity index (χ0) is 13.0. The van der Waals surface area contributed by atoms with Crippen LogP contribution in [0.4, 0.5) is 5.69 Å². The molecule has 0 aliphatic carbocycles. The minimum absolute atomic E-state index is 0.155. The topological polar surface area (TPSA) is 105 Å². The van der Waals surface area contributed by atoms with E-state index in [9.17, 15) is 9.59 Å². The summed E-state index contributed by atoms with van der Waals surface area (Å²) < 4.78 is 4.54. The van der Waals surface area contributed by atoms with Gasteiger partial charge in [0.2, 0.25) is 0 Å². The van der Waals surface area contributed by atoms with Gasteiger partial charge in [-0.1, -0.05) is 5.16 Å². The molecule has 0 aromatic carbocycles. The minimum atomic E-state index is -0.957. The number of hydrogen-bond donors (Lipinski definition) is 2. The van der Waals surface area contributed by atoms with E-state index in [-0.39, 0.29) is 12.1 Å². The highest BCUT2D eigenvalue weighted by atomic mass is 16.5. The smallest absolute Gasteiger partial charge is 0.309 e. The van der Waals surface area contributed by atoms with Crippen LogP contribution in [0.25, 0.3) is 0 Å². The van der Waals surface area contributed by atoms with Crippen LogP contribution in [-0.2, 0) is 11.2 Å². The predicted octanol–water partition coefficient (Wildman–Crippen LogP) is 0.949. The van der Waals surface area contributed by atoms with Gasteiger partial charge in [-0.25, -0.2) is 0 Å². The maximum absolute atomic E-state index is 11.6. The Kier molecular flexibility index (Phi) is 3.33. The lowest BCUT2D eigenvalue weighted by molar-refractivity contribution is -0.136. The van der Waals surface area contributed by atoms with Gasteiger partial charge in [0, 0.05) is 6.07 Å². The van der Waals surface area contributed by atoms with Crippen molar-refractivity contribution < 1.29 is 19.2 Å². The standard InChI is InChI=1S/C11H9N3O4/c15-10(16)5-7-1-2-8(6-12-7)13-11(17)9-3-4-18-14-9/h1-4,6H,5H2,(H,13,17)(H,15,16). The monoisotopic (exact) mass is 247 g/mol. The normalized spacial score (nSPS) is 10.0. The van der Waals surface area contributed by atoms with Gasteiger partial charge in [0.1, 0.15) is 6.26 Å². The van der Waals surface area contributed by atoms with Crippen LogP contribution in [0.3, 0.4) is 0 Å². The first-order chi connectivity index (χ1) is 8.65. The van der Waals surface area contributed by atoms with Crippen LogP contribution in [0.5, 0.6) is 0 Å². The second-order valence-electron chi connectivity index (χ2n) is 3.45. The zero-order valence-corrected chi connectivity index (χ0v) is 9.16. The van der Waals surface area contributed by atoms with Crippen LogP contribution in [0.15, 0.2) is 35.2 Å². The Morgan fingerprint density at radius 2 is 2.17 bits per heavy atom. The summed E-state index contributed by atoms with van der Waals surface area (Å²) in [6, 6.07) is 4.54. The van der Waals surface area contributed by atoms with Crippen molar-refractivity contribution in [3.05, 3.63) is 42.0 Å². The molecule has 2 rings (SSSR count). The van der Waals surface area contributed by atoms with Crippen LogP contribution in [0.2, 0.25) is 0 Å². The Labute approximate surface area is 101 Å². The maximum atomic E-state index is 11.6. The molecule has 2 aromatic rings. The molecule has 7 nitrogen and oxygen atoms in total. The molecular weight excluding hydrogens is 238 g/mol. The van der Waals surface area contributed by atoms with Crippen molar-refractivity contribution in [3.63, 3.8) is 0 Å². The van der Waals surface area contributed by atoms with Crippen molar-refractivity contribution in [2.45, 2.75) is 6.42 Å². The Bertz CT molecular complexity index is 548. The molecule has 0 saturated heterocycles. The van der Waals surface area contributed by atoms with Crippen molar-refractivity contribution in [1.29, 1.82) is 0 Å². The number of carbonyl (C=O) groups is 2. The number of carbonyl (C=O) groups excluding carboxylic acids is 1. The van der Waals surface area contributed by atoms with Crippen LogP contribution in [0.1, 0.15) is 16.2 Å². The summed E-state index contributed by atoms with van der Waals surface area (Å²) in [5, 5.41) is 14.6. The molecule has 2 N–H and O–H groups in total. The molecule has 0 aliphatic heterocycles. The van der Waals surface area contributed by atoms with Crippen molar-refractivity contribution in [1.82, 2.24) is 10.1 Å². The summed E-state index contributed by atoms with van der Waals surface area (Å²) in [4.78, 5) is 26.0. The third kappa shape index (κ3) is 2.91. The van der Waals surface area contributed by atoms with E-state index in [0.29, 0.717) is 11.4 Å². The van der Waals surface area contributed by atoms with Crippen molar-refractivity contribution in [3.8, 4) is 0 Å². The molecule has 0 bridgehead atoms. The zero-order valence-electron chi connectivity index (χ0n) is 9.16. The molecule has 2 heterocycles. The number of carboxylic acids is 1. The maximum Gasteiger partial charge on any atom is 0.309 e. The fourth-order valence-corrected chi connectivity index (χ4v) is 1.28. The predicted molar refractivity (Wildman–Crippen MR) is 60.0 cm³/mol. The number of aromatic nitrogens is 2. The van der Waals surface area contributed by atoms with E-state index in [0.717, 1.165) is 0 Å². The van der Waals surface area contributed by atoms with Crippen molar-refractivity contribution >= 4 is 17.6 Å². The molecule has 1 amide bonds. The van der Waals surface area contributed by atoms with Gasteiger partial charge in [0.05, 0.1) is 24.0 Å². The van der Waals surface area contributed by atoms with E-state index in [1.165, 1.54) is 24.6 Å². The highest BCUT2D eigenvalue weighted by Crippen LogP contribution is 2.08. The lowest BCUT2D eigenvalue weighted by Crippen LogP contribution is -2.12. The number of hydrogen-bond acceptors (Lipinski definition) is 5. The third-order valence-corrected chi connectivity index (χ3v) is 2.09. The Balaban J connectivity index is 2.02. The Hall–Kier alpha value is -2.70. The summed E-state index contributed by atoms with van der Waals surface area (Å²) in [5.74, 6) is -1.38. The summed E-state index contributed by atoms with van der Waals surface area (Å²) >= 11 is 0. The molecule has 2 aromatic heterocycles. The third-order valence-electron chi connectivity index (χ3n) is 2.09. The van der Waals surface area contributed by atoms with Crippen LogP contribution < -0.4 is 5.32 Å². The first-order valence-corrected chi connectivity index (χ1v) is 5.03. The average molecular weight is 247 g/mol. The highest BCUT2D eigenvalue weighted by molar-refractivity contribution is 6.02. The van der Waals surface area contributed by atoms with Gasteiger partial charge in [-0.05, 0) is 12.1 Å². The van der Waals surface area contributed by atoms with E-state index >= 15 is 0 Å². The van der Waals surface area contributed by atoms with Gasteiger partial charge in [0.25, 0.3) is 5.91 Å². The molecule has 0 radical (unpaired) electrons. The molecule has 7 heteroatoms. The molecule has 0 unspecified atom stereocenters. The number of carboxylic acid groups (broad SMARTS) is 1. The number of nitrogens with one attached hydrogen (secondary N) is 1. The number of rotatable bonds is 4. The first kappa shape index (κ1) is 11.8.